The largest absolute Gasteiger partial charge is 0.462 e. The van der Waals surface area contributed by atoms with Gasteiger partial charge in [0.2, 0.25) is 10.0 Å². The monoisotopic (exact) mass is 259 g/mol. The van der Waals surface area contributed by atoms with Gasteiger partial charge in [-0.15, -0.1) is 0 Å². The third kappa shape index (κ3) is 3.59. The number of ether oxygens (including phenoxy) is 1. The topological polar surface area (TPSA) is 65.4 Å². The summed E-state index contributed by atoms with van der Waals surface area (Å²) in [5.41, 5.74) is 0.763. The molecule has 0 fully saturated rings. The number of unbranched alkanes of at least 4 members (excludes halogenated alkanes) is 1. The van der Waals surface area contributed by atoms with Gasteiger partial charge in [-0.25, -0.2) is 17.2 Å². The van der Waals surface area contributed by atoms with E-state index in [0.717, 1.165) is 23.1 Å². The summed E-state index contributed by atoms with van der Waals surface area (Å²) < 4.78 is 28.8. The molecule has 0 atom stereocenters. The lowest BCUT2D eigenvalue weighted by atomic mass is 10.3. The van der Waals surface area contributed by atoms with Crippen molar-refractivity contribution in [3.8, 4) is 0 Å². The summed E-state index contributed by atoms with van der Waals surface area (Å²) in [4.78, 5) is 11.6. The molecule has 0 radical (unpaired) electrons. The van der Waals surface area contributed by atoms with E-state index in [0.29, 0.717) is 12.3 Å². The Morgan fingerprint density at radius 2 is 2.12 bits per heavy atom. The fourth-order valence-corrected chi connectivity index (χ4v) is 2.30. The quantitative estimate of drug-likeness (QED) is 0.594. The van der Waals surface area contributed by atoms with Gasteiger partial charge in [0, 0.05) is 11.9 Å². The van der Waals surface area contributed by atoms with Crippen LogP contribution in [0, 0.1) is 6.92 Å². The lowest BCUT2D eigenvalue weighted by Crippen LogP contribution is -2.10. The minimum absolute atomic E-state index is 0.268. The lowest BCUT2D eigenvalue weighted by molar-refractivity contribution is 0.0500. The Morgan fingerprint density at radius 1 is 1.47 bits per heavy atom. The Morgan fingerprint density at radius 3 is 2.59 bits per heavy atom. The van der Waals surface area contributed by atoms with Crippen molar-refractivity contribution in [1.29, 1.82) is 0 Å². The van der Waals surface area contributed by atoms with Gasteiger partial charge < -0.3 is 4.74 Å². The molecule has 0 saturated carbocycles. The molecule has 6 heteroatoms. The third-order valence-corrected chi connectivity index (χ3v) is 3.40. The average molecular weight is 259 g/mol. The number of rotatable bonds is 5. The summed E-state index contributed by atoms with van der Waals surface area (Å²) >= 11 is 0. The summed E-state index contributed by atoms with van der Waals surface area (Å²) in [5, 5.41) is 0. The van der Waals surface area contributed by atoms with Crippen LogP contribution in [0.3, 0.4) is 0 Å². The van der Waals surface area contributed by atoms with Crippen LogP contribution < -0.4 is 0 Å². The van der Waals surface area contributed by atoms with Gasteiger partial charge in [0.1, 0.15) is 0 Å². The number of hydrogen-bond acceptors (Lipinski definition) is 4. The van der Waals surface area contributed by atoms with Crippen LogP contribution >= 0.6 is 0 Å². The van der Waals surface area contributed by atoms with Crippen LogP contribution in [-0.2, 0) is 14.8 Å². The van der Waals surface area contributed by atoms with E-state index in [1.165, 1.54) is 12.3 Å². The molecule has 0 aliphatic rings. The number of carbonyl (C=O) groups is 1. The molecule has 5 nitrogen and oxygen atoms in total. The minimum atomic E-state index is -3.36. The Labute approximate surface area is 101 Å². The molecular formula is C11H17NO4S. The van der Waals surface area contributed by atoms with Crippen molar-refractivity contribution in [3.05, 3.63) is 23.5 Å². The summed E-state index contributed by atoms with van der Waals surface area (Å²) in [6.45, 7) is 3.99. The van der Waals surface area contributed by atoms with Gasteiger partial charge in [-0.3, -0.25) is 0 Å². The fraction of sp³-hybridized carbons (Fsp3) is 0.545. The highest BCUT2D eigenvalue weighted by atomic mass is 32.2. The second-order valence-corrected chi connectivity index (χ2v) is 5.78. The highest BCUT2D eigenvalue weighted by Crippen LogP contribution is 2.11. The minimum Gasteiger partial charge on any atom is -0.462 e. The van der Waals surface area contributed by atoms with Crippen LogP contribution in [-0.4, -0.2) is 31.2 Å². The molecule has 17 heavy (non-hydrogen) atoms. The highest BCUT2D eigenvalue weighted by molar-refractivity contribution is 7.89. The molecule has 0 N–H and O–H groups in total. The zero-order chi connectivity index (χ0) is 13.1. The highest BCUT2D eigenvalue weighted by Gasteiger charge is 2.15. The standard InChI is InChI=1S/C11H17NO4S/c1-4-5-6-16-11(13)10-7-9(2)12(8-10)17(3,14)15/h7-8H,4-6H2,1-3H3. The van der Waals surface area contributed by atoms with E-state index in [1.54, 1.807) is 6.92 Å². The van der Waals surface area contributed by atoms with Crippen molar-refractivity contribution < 1.29 is 17.9 Å². The molecule has 1 heterocycles. The van der Waals surface area contributed by atoms with Gasteiger partial charge in [-0.05, 0) is 19.4 Å². The Balaban J connectivity index is 2.83. The first-order chi connectivity index (χ1) is 7.86. The van der Waals surface area contributed by atoms with Crippen molar-refractivity contribution in [2.24, 2.45) is 0 Å². The Kier molecular flexibility index (Phi) is 4.34. The molecule has 0 aromatic carbocycles. The third-order valence-electron chi connectivity index (χ3n) is 2.29. The van der Waals surface area contributed by atoms with E-state index >= 15 is 0 Å². The second-order valence-electron chi connectivity index (χ2n) is 3.92. The maximum atomic E-state index is 11.6. The second kappa shape index (κ2) is 5.35. The number of nitrogens with zero attached hydrogens (tertiary/aromatic N) is 1. The van der Waals surface area contributed by atoms with Gasteiger partial charge in [-0.1, -0.05) is 13.3 Å². The summed E-state index contributed by atoms with van der Waals surface area (Å²) in [6, 6.07) is 1.51. The van der Waals surface area contributed by atoms with Gasteiger partial charge >= 0.3 is 5.97 Å². The van der Waals surface area contributed by atoms with E-state index < -0.39 is 16.0 Å². The maximum absolute atomic E-state index is 11.6. The maximum Gasteiger partial charge on any atom is 0.339 e. The van der Waals surface area contributed by atoms with Gasteiger partial charge in [-0.2, -0.15) is 0 Å². The number of hydrogen-bond donors (Lipinski definition) is 0. The van der Waals surface area contributed by atoms with Crippen molar-refractivity contribution in [3.63, 3.8) is 0 Å². The smallest absolute Gasteiger partial charge is 0.339 e. The van der Waals surface area contributed by atoms with E-state index in [2.05, 4.69) is 0 Å². The number of aromatic nitrogens is 1. The van der Waals surface area contributed by atoms with Gasteiger partial charge in [0.15, 0.2) is 0 Å². The van der Waals surface area contributed by atoms with E-state index in [1.807, 2.05) is 6.92 Å². The van der Waals surface area contributed by atoms with Gasteiger partial charge in [0.25, 0.3) is 0 Å². The summed E-state index contributed by atoms with van der Waals surface area (Å²) in [6.07, 6.45) is 4.12. The molecule has 1 aromatic rings. The van der Waals surface area contributed by atoms with E-state index in [4.69, 9.17) is 4.74 Å². The predicted molar refractivity (Wildman–Crippen MR) is 64.6 cm³/mol. The predicted octanol–water partition coefficient (Wildman–Crippen LogP) is 1.56. The van der Waals surface area contributed by atoms with Gasteiger partial charge in [0.05, 0.1) is 18.4 Å². The zero-order valence-corrected chi connectivity index (χ0v) is 11.1. The molecule has 1 rings (SSSR count). The molecule has 0 saturated heterocycles. The van der Waals surface area contributed by atoms with Crippen molar-refractivity contribution >= 4 is 16.0 Å². The lowest BCUT2D eigenvalue weighted by Gasteiger charge is -2.01. The molecule has 0 spiro atoms. The van der Waals surface area contributed by atoms with E-state index in [9.17, 15) is 13.2 Å². The average Bonchev–Trinajstić information content (AvgIpc) is 2.60. The van der Waals surface area contributed by atoms with Crippen LogP contribution in [0.15, 0.2) is 12.3 Å². The number of carbonyl (C=O) groups excluding carboxylic acids is 1. The first-order valence-corrected chi connectivity index (χ1v) is 7.27. The van der Waals surface area contributed by atoms with Crippen LogP contribution in [0.5, 0.6) is 0 Å². The SMILES string of the molecule is CCCCOC(=O)c1cc(C)n(S(C)(=O)=O)c1. The molecular weight excluding hydrogens is 242 g/mol. The summed E-state index contributed by atoms with van der Waals surface area (Å²) in [7, 11) is -3.36. The molecule has 0 amide bonds. The van der Waals surface area contributed by atoms with Crippen molar-refractivity contribution in [1.82, 2.24) is 3.97 Å². The number of aryl methyl sites for hydroxylation is 1. The first kappa shape index (κ1) is 13.8. The molecule has 96 valence electrons. The zero-order valence-electron chi connectivity index (χ0n) is 10.3. The van der Waals surface area contributed by atoms with Crippen LogP contribution in [0.25, 0.3) is 0 Å². The van der Waals surface area contributed by atoms with Crippen molar-refractivity contribution in [2.45, 2.75) is 26.7 Å². The Hall–Kier alpha value is -1.30. The molecule has 0 unspecified atom stereocenters. The van der Waals surface area contributed by atoms with Crippen molar-refractivity contribution in [2.75, 3.05) is 12.9 Å². The molecule has 0 aliphatic heterocycles. The normalized spacial score (nSPS) is 11.5. The first-order valence-electron chi connectivity index (χ1n) is 5.43. The Bertz CT molecular complexity index is 502. The molecule has 1 aromatic heterocycles. The summed E-state index contributed by atoms with van der Waals surface area (Å²) in [5.74, 6) is -0.482. The fourth-order valence-electron chi connectivity index (χ4n) is 1.42. The molecule has 0 aliphatic carbocycles. The van der Waals surface area contributed by atoms with Crippen LogP contribution in [0.4, 0.5) is 0 Å². The van der Waals surface area contributed by atoms with E-state index in [-0.39, 0.29) is 5.56 Å². The van der Waals surface area contributed by atoms with Crippen LogP contribution in [0.2, 0.25) is 0 Å². The molecule has 0 bridgehead atoms. The number of esters is 1. The van der Waals surface area contributed by atoms with Crippen LogP contribution in [0.1, 0.15) is 35.8 Å².